The Hall–Kier alpha value is -3.51. The standard InChI is InChI=1S/C30H30N2O5S/c1-30(2)25-10-3-4-11-26(25)32(15-7-8-16-38(34,35)36)28(30)13-12-22-17-23-18-24-20-31-14-6-5-9-21(24)19-27(23)37-29(22)33/h3-4,10-13,17-19,31H,6-8,14-16,20H2,1-2H3/p+1/b13-12+. The summed E-state index contributed by atoms with van der Waals surface area (Å²) >= 11 is 0. The van der Waals surface area contributed by atoms with Gasteiger partial charge in [0.05, 0.1) is 16.7 Å². The lowest BCUT2D eigenvalue weighted by atomic mass is 9.81. The van der Waals surface area contributed by atoms with Crippen molar-refractivity contribution >= 4 is 38.6 Å². The number of rotatable bonds is 7. The highest BCUT2D eigenvalue weighted by atomic mass is 32.2. The molecule has 3 aromatic rings. The fourth-order valence-corrected chi connectivity index (χ4v) is 5.81. The van der Waals surface area contributed by atoms with Crippen LogP contribution >= 0.6 is 0 Å². The Bertz CT molecular complexity index is 1700. The number of para-hydroxylation sites is 1. The van der Waals surface area contributed by atoms with Gasteiger partial charge in [0.15, 0.2) is 5.71 Å². The van der Waals surface area contributed by atoms with Crippen molar-refractivity contribution in [3.63, 3.8) is 0 Å². The fraction of sp³-hybridized carbons (Fsp3) is 0.333. The molecule has 2 aliphatic rings. The van der Waals surface area contributed by atoms with Crippen LogP contribution in [-0.2, 0) is 22.1 Å². The van der Waals surface area contributed by atoms with E-state index in [1.807, 2.05) is 36.4 Å². The lowest BCUT2D eigenvalue weighted by molar-refractivity contribution is -0.438. The smallest absolute Gasteiger partial charge is 0.343 e. The summed E-state index contributed by atoms with van der Waals surface area (Å²) in [4.78, 5) is 12.9. The fourth-order valence-electron chi connectivity index (χ4n) is 5.25. The first kappa shape index (κ1) is 26.1. The normalized spacial score (nSPS) is 16.6. The number of allylic oxidation sites excluding steroid dienone is 1. The van der Waals surface area contributed by atoms with Crippen LogP contribution in [0.4, 0.5) is 5.69 Å². The van der Waals surface area contributed by atoms with Gasteiger partial charge in [-0.25, -0.2) is 4.79 Å². The molecule has 0 aliphatic carbocycles. The van der Waals surface area contributed by atoms with Crippen molar-refractivity contribution in [3.8, 4) is 11.8 Å². The van der Waals surface area contributed by atoms with Crippen LogP contribution < -0.4 is 10.9 Å². The minimum atomic E-state index is -3.99. The minimum Gasteiger partial charge on any atom is -0.422 e. The zero-order valence-electron chi connectivity index (χ0n) is 21.6. The molecular weight excluding hydrogens is 500 g/mol. The van der Waals surface area contributed by atoms with Crippen molar-refractivity contribution in [1.82, 2.24) is 5.32 Å². The molecule has 0 saturated carbocycles. The summed E-state index contributed by atoms with van der Waals surface area (Å²) < 4.78 is 39.3. The summed E-state index contributed by atoms with van der Waals surface area (Å²) in [6.07, 6.45) is 5.48. The van der Waals surface area contributed by atoms with Crippen LogP contribution in [0.3, 0.4) is 0 Å². The van der Waals surface area contributed by atoms with E-state index < -0.39 is 15.7 Å². The molecule has 2 aromatic carbocycles. The van der Waals surface area contributed by atoms with E-state index in [1.165, 1.54) is 0 Å². The molecule has 0 amide bonds. The predicted molar refractivity (Wildman–Crippen MR) is 150 cm³/mol. The molecule has 3 heterocycles. The van der Waals surface area contributed by atoms with Crippen molar-refractivity contribution in [2.75, 3.05) is 18.8 Å². The highest BCUT2D eigenvalue weighted by Gasteiger charge is 2.43. The summed E-state index contributed by atoms with van der Waals surface area (Å²) in [5, 5.41) is 4.22. The molecule has 8 heteroatoms. The van der Waals surface area contributed by atoms with E-state index in [2.05, 4.69) is 47.7 Å². The number of hydrogen-bond donors (Lipinski definition) is 2. The SMILES string of the molecule is CC1(C)C(/C=C/c2cc3cc4c(cc3oc2=O)C#CCCNC4)=[N+](CCCCS(=O)(=O)O)c2ccccc21. The Morgan fingerprint density at radius 2 is 1.97 bits per heavy atom. The summed E-state index contributed by atoms with van der Waals surface area (Å²) in [6.45, 7) is 6.41. The molecule has 0 unspecified atom stereocenters. The molecule has 0 fully saturated rings. The maximum absolute atomic E-state index is 12.9. The molecule has 196 valence electrons. The Morgan fingerprint density at radius 1 is 1.16 bits per heavy atom. The second kappa shape index (κ2) is 10.3. The summed E-state index contributed by atoms with van der Waals surface area (Å²) in [5.74, 6) is 6.06. The van der Waals surface area contributed by atoms with Gasteiger partial charge in [-0.3, -0.25) is 4.55 Å². The van der Waals surface area contributed by atoms with Crippen LogP contribution in [0.5, 0.6) is 0 Å². The molecule has 2 aliphatic heterocycles. The number of nitrogens with zero attached hydrogens (tertiary/aromatic N) is 1. The van der Waals surface area contributed by atoms with Gasteiger partial charge in [0.25, 0.3) is 10.1 Å². The van der Waals surface area contributed by atoms with Crippen LogP contribution in [0.15, 0.2) is 57.8 Å². The Balaban J connectivity index is 1.51. The second-order valence-electron chi connectivity index (χ2n) is 10.3. The summed E-state index contributed by atoms with van der Waals surface area (Å²) in [7, 11) is -3.99. The molecule has 2 N–H and O–H groups in total. The van der Waals surface area contributed by atoms with E-state index in [0.29, 0.717) is 37.1 Å². The van der Waals surface area contributed by atoms with Crippen molar-refractivity contribution < 1.29 is 22.0 Å². The molecule has 0 bridgehead atoms. The Kier molecular flexibility index (Phi) is 7.10. The molecule has 1 aromatic heterocycles. The van der Waals surface area contributed by atoms with Gasteiger partial charge in [-0.15, -0.1) is 0 Å². The number of benzene rings is 2. The van der Waals surface area contributed by atoms with E-state index in [1.54, 1.807) is 6.08 Å². The quantitative estimate of drug-likeness (QED) is 0.154. The molecule has 7 nitrogen and oxygen atoms in total. The average molecular weight is 532 g/mol. The third-order valence-corrected chi connectivity index (χ3v) is 8.01. The first-order chi connectivity index (χ1) is 18.1. The molecular formula is C30H31N2O5S+. The number of hydrogen-bond acceptors (Lipinski definition) is 5. The van der Waals surface area contributed by atoms with Gasteiger partial charge in [0.1, 0.15) is 12.1 Å². The lowest BCUT2D eigenvalue weighted by Gasteiger charge is -2.15. The lowest BCUT2D eigenvalue weighted by Crippen LogP contribution is -2.28. The number of unbranched alkanes of at least 4 members (excludes halogenated alkanes) is 1. The van der Waals surface area contributed by atoms with Gasteiger partial charge in [-0.2, -0.15) is 13.0 Å². The van der Waals surface area contributed by atoms with E-state index in [4.69, 9.17) is 8.97 Å². The van der Waals surface area contributed by atoms with Gasteiger partial charge in [0.2, 0.25) is 5.69 Å². The van der Waals surface area contributed by atoms with Gasteiger partial charge in [-0.05, 0) is 50.1 Å². The highest BCUT2D eigenvalue weighted by molar-refractivity contribution is 7.85. The van der Waals surface area contributed by atoms with Gasteiger partial charge >= 0.3 is 5.63 Å². The molecule has 0 spiro atoms. The zero-order valence-corrected chi connectivity index (χ0v) is 22.4. The topological polar surface area (TPSA) is 99.6 Å². The Morgan fingerprint density at radius 3 is 2.79 bits per heavy atom. The monoisotopic (exact) mass is 531 g/mol. The maximum Gasteiger partial charge on any atom is 0.343 e. The predicted octanol–water partition coefficient (Wildman–Crippen LogP) is 4.40. The second-order valence-corrected chi connectivity index (χ2v) is 11.8. The van der Waals surface area contributed by atoms with Crippen LogP contribution in [0.1, 0.15) is 55.4 Å². The largest absolute Gasteiger partial charge is 0.422 e. The summed E-state index contributed by atoms with van der Waals surface area (Å²) in [5.41, 5.74) is 5.40. The first-order valence-electron chi connectivity index (χ1n) is 12.8. The summed E-state index contributed by atoms with van der Waals surface area (Å²) in [6, 6.07) is 13.9. The van der Waals surface area contributed by atoms with Crippen LogP contribution in [-0.4, -0.2) is 42.1 Å². The molecule has 5 rings (SSSR count). The van der Waals surface area contributed by atoms with Gasteiger partial charge in [-0.1, -0.05) is 30.0 Å². The number of nitrogens with one attached hydrogen (secondary N) is 1. The first-order valence-corrected chi connectivity index (χ1v) is 14.4. The van der Waals surface area contributed by atoms with E-state index in [0.717, 1.165) is 46.4 Å². The number of fused-ring (bicyclic) bond motifs is 3. The zero-order chi connectivity index (χ0) is 26.9. The Labute approximate surface area is 222 Å². The van der Waals surface area contributed by atoms with Crippen molar-refractivity contribution in [2.45, 2.75) is 45.1 Å². The average Bonchev–Trinajstić information content (AvgIpc) is 3.06. The van der Waals surface area contributed by atoms with Gasteiger partial charge in [0, 0.05) is 54.6 Å². The maximum atomic E-state index is 12.9. The molecule has 38 heavy (non-hydrogen) atoms. The van der Waals surface area contributed by atoms with E-state index in [-0.39, 0.29) is 11.2 Å². The van der Waals surface area contributed by atoms with E-state index >= 15 is 0 Å². The minimum absolute atomic E-state index is 0.264. The van der Waals surface area contributed by atoms with Crippen molar-refractivity contribution in [3.05, 3.63) is 81.2 Å². The van der Waals surface area contributed by atoms with Crippen LogP contribution in [0.25, 0.3) is 17.0 Å². The molecule has 0 radical (unpaired) electrons. The van der Waals surface area contributed by atoms with Crippen molar-refractivity contribution in [2.24, 2.45) is 0 Å². The molecule has 0 saturated heterocycles. The third kappa shape index (κ3) is 5.37. The highest BCUT2D eigenvalue weighted by Crippen LogP contribution is 2.40. The van der Waals surface area contributed by atoms with Gasteiger partial charge < -0.3 is 9.73 Å². The van der Waals surface area contributed by atoms with Crippen LogP contribution in [0.2, 0.25) is 0 Å². The third-order valence-electron chi connectivity index (χ3n) is 7.20. The van der Waals surface area contributed by atoms with Crippen LogP contribution in [0, 0.1) is 11.8 Å². The van der Waals surface area contributed by atoms with Crippen molar-refractivity contribution in [1.29, 1.82) is 0 Å². The van der Waals surface area contributed by atoms with E-state index in [9.17, 15) is 13.2 Å². The molecule has 0 atom stereocenters.